The van der Waals surface area contributed by atoms with Gasteiger partial charge in [0.1, 0.15) is 6.10 Å². The van der Waals surface area contributed by atoms with Crippen molar-refractivity contribution in [2.75, 3.05) is 14.2 Å². The normalized spacial score (nSPS) is 31.0. The maximum atomic E-state index is 13.0. The molecule has 4 nitrogen and oxygen atoms in total. The molecule has 2 bridgehead atoms. The molecule has 1 aromatic carbocycles. The summed E-state index contributed by atoms with van der Waals surface area (Å²) in [6.45, 7) is 0. The zero-order chi connectivity index (χ0) is 18.9. The molecule has 0 N–H and O–H groups in total. The maximum absolute atomic E-state index is 13.0. The van der Waals surface area contributed by atoms with Crippen molar-refractivity contribution < 1.29 is 19.1 Å². The highest BCUT2D eigenvalue weighted by molar-refractivity contribution is 6.49. The number of halogens is 1. The third kappa shape index (κ3) is 2.06. The van der Waals surface area contributed by atoms with Crippen LogP contribution in [-0.4, -0.2) is 38.0 Å². The van der Waals surface area contributed by atoms with Gasteiger partial charge in [-0.15, -0.1) is 0 Å². The lowest BCUT2D eigenvalue weighted by molar-refractivity contribution is -0.121. The number of ether oxygens (including phenoxy) is 2. The van der Waals surface area contributed by atoms with Gasteiger partial charge in [-0.3, -0.25) is 9.59 Å². The molecule has 0 saturated carbocycles. The molecule has 5 aliphatic carbocycles. The van der Waals surface area contributed by atoms with Crippen molar-refractivity contribution in [3.8, 4) is 0 Å². The van der Waals surface area contributed by atoms with Gasteiger partial charge in [-0.05, 0) is 27.8 Å². The van der Waals surface area contributed by atoms with Crippen LogP contribution >= 0.6 is 11.6 Å². The summed E-state index contributed by atoms with van der Waals surface area (Å²) >= 11 is 6.12. The molecule has 1 aromatic rings. The van der Waals surface area contributed by atoms with Crippen LogP contribution in [0, 0.1) is 5.92 Å². The van der Waals surface area contributed by atoms with E-state index >= 15 is 0 Å². The monoisotopic (exact) mass is 380 g/mol. The minimum absolute atomic E-state index is 0.0189. The number of carbonyl (C=O) groups is 2. The Hall–Kier alpha value is -2.27. The first-order chi connectivity index (χ1) is 13.1. The second-order valence-corrected chi connectivity index (χ2v) is 7.53. The van der Waals surface area contributed by atoms with Gasteiger partial charge in [0, 0.05) is 31.8 Å². The van der Waals surface area contributed by atoms with Crippen molar-refractivity contribution in [1.29, 1.82) is 0 Å². The highest BCUT2D eigenvalue weighted by Gasteiger charge is 2.53. The molecule has 4 atom stereocenters. The predicted octanol–water partition coefficient (Wildman–Crippen LogP) is 3.34. The van der Waals surface area contributed by atoms with Gasteiger partial charge in [-0.1, -0.05) is 48.0 Å². The summed E-state index contributed by atoms with van der Waals surface area (Å²) in [5.41, 5.74) is 5.28. The molecule has 0 saturated heterocycles. The van der Waals surface area contributed by atoms with E-state index in [0.717, 1.165) is 27.8 Å². The number of Topliss-reactive ketones (excluding diaryl/α,β-unsaturated/α-hetero) is 1. The van der Waals surface area contributed by atoms with Gasteiger partial charge in [0.2, 0.25) is 5.78 Å². The fraction of sp³-hybridized carbons (Fsp3) is 0.273. The zero-order valence-electron chi connectivity index (χ0n) is 14.9. The van der Waals surface area contributed by atoms with Crippen LogP contribution < -0.4 is 0 Å². The van der Waals surface area contributed by atoms with Crippen molar-refractivity contribution in [3.63, 3.8) is 0 Å². The molecule has 0 amide bonds. The number of hydrogen-bond donors (Lipinski definition) is 0. The Kier molecular flexibility index (Phi) is 3.66. The zero-order valence-corrected chi connectivity index (χ0v) is 15.6. The molecule has 4 unspecified atom stereocenters. The van der Waals surface area contributed by atoms with Gasteiger partial charge in [0.15, 0.2) is 5.78 Å². The van der Waals surface area contributed by atoms with Crippen molar-refractivity contribution in [2.24, 2.45) is 5.92 Å². The quantitative estimate of drug-likeness (QED) is 0.738. The lowest BCUT2D eigenvalue weighted by atomic mass is 9.56. The number of ketones is 2. The summed E-state index contributed by atoms with van der Waals surface area (Å²) < 4.78 is 11.4. The maximum Gasteiger partial charge on any atom is 0.201 e. The van der Waals surface area contributed by atoms with Gasteiger partial charge >= 0.3 is 0 Å². The third-order valence-corrected chi connectivity index (χ3v) is 6.27. The second kappa shape index (κ2) is 5.86. The smallest absolute Gasteiger partial charge is 0.201 e. The molecule has 5 heteroatoms. The standard InChI is InChI=1S/C22H17ClO4/c1-26-14-7-8-15(27-2)20-17-11-6-4-3-5-10(11)16(19(14)20)18-13(24)9-12(23)22(25)21(17)18/h3-9,14-16,18H,1-2H3. The molecule has 0 aliphatic heterocycles. The van der Waals surface area contributed by atoms with Gasteiger partial charge in [-0.25, -0.2) is 0 Å². The van der Waals surface area contributed by atoms with Crippen LogP contribution in [0.5, 0.6) is 0 Å². The van der Waals surface area contributed by atoms with Gasteiger partial charge in [-0.2, -0.15) is 0 Å². The molecule has 0 spiro atoms. The lowest BCUT2D eigenvalue weighted by Gasteiger charge is -2.48. The molecule has 0 fully saturated rings. The molecule has 27 heavy (non-hydrogen) atoms. The Morgan fingerprint density at radius 3 is 2.37 bits per heavy atom. The molecule has 136 valence electrons. The van der Waals surface area contributed by atoms with E-state index in [4.69, 9.17) is 21.1 Å². The summed E-state index contributed by atoms with van der Waals surface area (Å²) in [4.78, 5) is 25.9. The van der Waals surface area contributed by atoms with E-state index < -0.39 is 5.92 Å². The minimum atomic E-state index is -0.551. The lowest BCUT2D eigenvalue weighted by Crippen LogP contribution is -2.44. The van der Waals surface area contributed by atoms with E-state index in [1.165, 1.54) is 6.08 Å². The Balaban J connectivity index is 1.89. The summed E-state index contributed by atoms with van der Waals surface area (Å²) in [5, 5.41) is -0.0189. The Morgan fingerprint density at radius 1 is 0.926 bits per heavy atom. The Morgan fingerprint density at radius 2 is 1.63 bits per heavy atom. The van der Waals surface area contributed by atoms with Crippen LogP contribution in [0.25, 0.3) is 5.57 Å². The van der Waals surface area contributed by atoms with Crippen molar-refractivity contribution >= 4 is 28.7 Å². The van der Waals surface area contributed by atoms with Gasteiger partial charge < -0.3 is 9.47 Å². The third-order valence-electron chi connectivity index (χ3n) is 5.99. The molecular weight excluding hydrogens is 364 g/mol. The van der Waals surface area contributed by atoms with Crippen LogP contribution in [0.2, 0.25) is 0 Å². The fourth-order valence-electron chi connectivity index (χ4n) is 5.00. The second-order valence-electron chi connectivity index (χ2n) is 7.12. The summed E-state index contributed by atoms with van der Waals surface area (Å²) in [7, 11) is 3.30. The largest absolute Gasteiger partial charge is 0.373 e. The van der Waals surface area contributed by atoms with Crippen molar-refractivity contribution in [2.45, 2.75) is 18.1 Å². The van der Waals surface area contributed by atoms with E-state index in [2.05, 4.69) is 0 Å². The number of hydrogen-bond acceptors (Lipinski definition) is 4. The molecular formula is C22H17ClO4. The number of carbonyl (C=O) groups excluding carboxylic acids is 2. The number of methoxy groups -OCH3 is 2. The van der Waals surface area contributed by atoms with E-state index in [9.17, 15) is 9.59 Å². The number of allylic oxidation sites excluding steroid dienone is 3. The summed E-state index contributed by atoms with van der Waals surface area (Å²) in [5.74, 6) is -1.20. The van der Waals surface area contributed by atoms with E-state index in [1.54, 1.807) is 14.2 Å². The van der Waals surface area contributed by atoms with E-state index in [1.807, 2.05) is 36.4 Å². The first-order valence-corrected chi connectivity index (χ1v) is 9.23. The molecule has 0 heterocycles. The first-order valence-electron chi connectivity index (χ1n) is 8.86. The SMILES string of the molecule is COC1C=CC(OC)C2=C1C1=C3C(=O)C(Cl)=CC(=O)C3C2c2ccccc21. The first kappa shape index (κ1) is 16.9. The average molecular weight is 381 g/mol. The fourth-order valence-corrected chi connectivity index (χ4v) is 5.21. The molecule has 5 aliphatic rings. The summed E-state index contributed by atoms with van der Waals surface area (Å²) in [6, 6.07) is 7.95. The highest BCUT2D eigenvalue weighted by atomic mass is 35.5. The van der Waals surface area contributed by atoms with Gasteiger partial charge in [0.25, 0.3) is 0 Å². The van der Waals surface area contributed by atoms with Crippen molar-refractivity contribution in [1.82, 2.24) is 0 Å². The molecule has 0 aromatic heterocycles. The molecule has 6 rings (SSSR count). The van der Waals surface area contributed by atoms with E-state index in [0.29, 0.717) is 5.57 Å². The minimum Gasteiger partial charge on any atom is -0.373 e. The van der Waals surface area contributed by atoms with E-state index in [-0.39, 0.29) is 34.7 Å². The highest BCUT2D eigenvalue weighted by Crippen LogP contribution is 2.59. The van der Waals surface area contributed by atoms with Crippen LogP contribution in [0.4, 0.5) is 0 Å². The Bertz CT molecular complexity index is 1030. The number of benzene rings is 1. The predicted molar refractivity (Wildman–Crippen MR) is 101 cm³/mol. The molecule has 0 radical (unpaired) electrons. The van der Waals surface area contributed by atoms with Crippen molar-refractivity contribution in [3.05, 3.63) is 75.4 Å². The van der Waals surface area contributed by atoms with Crippen LogP contribution in [-0.2, 0) is 19.1 Å². The van der Waals surface area contributed by atoms with Crippen LogP contribution in [0.3, 0.4) is 0 Å². The summed E-state index contributed by atoms with van der Waals surface area (Å²) in [6.07, 6.45) is 4.64. The average Bonchev–Trinajstić information content (AvgIpc) is 2.70. The Labute approximate surface area is 161 Å². The number of rotatable bonds is 2. The van der Waals surface area contributed by atoms with Gasteiger partial charge in [0.05, 0.1) is 17.1 Å². The van der Waals surface area contributed by atoms with Crippen LogP contribution in [0.15, 0.2) is 64.2 Å². The van der Waals surface area contributed by atoms with Crippen LogP contribution in [0.1, 0.15) is 17.0 Å². The topological polar surface area (TPSA) is 52.6 Å².